The van der Waals surface area contributed by atoms with Crippen molar-refractivity contribution in [3.8, 4) is 11.1 Å². The Morgan fingerprint density at radius 3 is 2.00 bits per heavy atom. The molecule has 2 fully saturated rings. The zero-order valence-electron chi connectivity index (χ0n) is 23.7. The van der Waals surface area contributed by atoms with Gasteiger partial charge in [0, 0.05) is 0 Å². The van der Waals surface area contributed by atoms with E-state index in [0.717, 1.165) is 11.8 Å². The number of halogens is 2. The minimum absolute atomic E-state index is 0. The summed E-state index contributed by atoms with van der Waals surface area (Å²) in [7, 11) is 0. The number of hydrogen-bond acceptors (Lipinski definition) is 0. The monoisotopic (exact) mass is 646 g/mol. The Balaban J connectivity index is 0.00000161. The van der Waals surface area contributed by atoms with Gasteiger partial charge < -0.3 is 24.8 Å². The molecule has 0 aromatic heterocycles. The first-order chi connectivity index (χ1) is 18.9. The second-order valence-electron chi connectivity index (χ2n) is 12.5. The smallest absolute Gasteiger partial charge is 1.00 e. The second-order valence-corrected chi connectivity index (χ2v) is 19.3. The summed E-state index contributed by atoms with van der Waals surface area (Å²) in [5.41, 5.74) is 6.41. The Morgan fingerprint density at radius 1 is 0.675 bits per heavy atom. The van der Waals surface area contributed by atoms with Crippen LogP contribution in [-0.2, 0) is 21.3 Å². The Hall–Kier alpha value is -1.27. The molecular formula is C37H42Cl2Zr. The fraction of sp³-hybridized carbons (Fsp3) is 0.432. The van der Waals surface area contributed by atoms with E-state index in [2.05, 4.69) is 82.1 Å². The van der Waals surface area contributed by atoms with Crippen LogP contribution >= 0.6 is 0 Å². The van der Waals surface area contributed by atoms with Crippen molar-refractivity contribution >= 4 is 14.0 Å². The predicted molar refractivity (Wildman–Crippen MR) is 160 cm³/mol. The van der Waals surface area contributed by atoms with E-state index in [9.17, 15) is 0 Å². The van der Waals surface area contributed by atoms with Gasteiger partial charge in [-0.2, -0.15) is 0 Å². The normalized spacial score (nSPS) is 20.1. The van der Waals surface area contributed by atoms with Crippen LogP contribution in [0.15, 0.2) is 82.2 Å². The molecule has 0 spiro atoms. The van der Waals surface area contributed by atoms with Gasteiger partial charge >= 0.3 is 239 Å². The number of rotatable bonds is 6. The third kappa shape index (κ3) is 5.96. The summed E-state index contributed by atoms with van der Waals surface area (Å²) in [5, 5.41) is 2.94. The molecule has 1 atom stereocenters. The van der Waals surface area contributed by atoms with Crippen molar-refractivity contribution in [1.29, 1.82) is 0 Å². The van der Waals surface area contributed by atoms with Gasteiger partial charge in [0.25, 0.3) is 0 Å². The van der Waals surface area contributed by atoms with Crippen molar-refractivity contribution in [1.82, 2.24) is 0 Å². The molecule has 0 aliphatic heterocycles. The number of hydrogen-bond donors (Lipinski definition) is 0. The van der Waals surface area contributed by atoms with Crippen LogP contribution in [0.4, 0.5) is 0 Å². The van der Waals surface area contributed by atoms with E-state index in [0.29, 0.717) is 3.63 Å². The van der Waals surface area contributed by atoms with E-state index in [1.165, 1.54) is 105 Å². The van der Waals surface area contributed by atoms with Gasteiger partial charge in [0.1, 0.15) is 0 Å². The number of benzene rings is 3. The molecule has 0 nitrogen and oxygen atoms in total. The van der Waals surface area contributed by atoms with E-state index in [-0.39, 0.29) is 24.8 Å². The van der Waals surface area contributed by atoms with Crippen molar-refractivity contribution in [2.45, 2.75) is 87.1 Å². The zero-order chi connectivity index (χ0) is 25.3. The van der Waals surface area contributed by atoms with Crippen LogP contribution in [0.5, 0.6) is 0 Å². The topological polar surface area (TPSA) is 0 Å². The van der Waals surface area contributed by atoms with Gasteiger partial charge in [0.15, 0.2) is 0 Å². The summed E-state index contributed by atoms with van der Waals surface area (Å²) >= 11 is -2.28. The summed E-state index contributed by atoms with van der Waals surface area (Å²) in [4.78, 5) is 0. The van der Waals surface area contributed by atoms with E-state index in [4.69, 9.17) is 0 Å². The van der Waals surface area contributed by atoms with Crippen molar-refractivity contribution in [2.75, 3.05) is 0 Å². The Morgan fingerprint density at radius 2 is 1.32 bits per heavy atom. The van der Waals surface area contributed by atoms with Gasteiger partial charge in [-0.05, 0) is 0 Å². The molecule has 40 heavy (non-hydrogen) atoms. The van der Waals surface area contributed by atoms with Crippen LogP contribution in [0.2, 0.25) is 0 Å². The van der Waals surface area contributed by atoms with Crippen LogP contribution in [0, 0.1) is 11.8 Å². The van der Waals surface area contributed by atoms with Gasteiger partial charge in [-0.1, -0.05) is 0 Å². The van der Waals surface area contributed by atoms with Crippen LogP contribution in [0.1, 0.15) is 98.2 Å². The molecule has 1 unspecified atom stereocenters. The molecule has 0 radical (unpaired) electrons. The van der Waals surface area contributed by atoms with Gasteiger partial charge in [-0.3, -0.25) is 0 Å². The Labute approximate surface area is 261 Å². The van der Waals surface area contributed by atoms with E-state index in [1.54, 1.807) is 11.1 Å². The third-order valence-electron chi connectivity index (χ3n) is 10.1. The fourth-order valence-electron chi connectivity index (χ4n) is 8.34. The average molecular weight is 649 g/mol. The molecule has 4 aliphatic carbocycles. The first-order valence-corrected chi connectivity index (χ1v) is 19.4. The molecule has 3 heteroatoms. The summed E-state index contributed by atoms with van der Waals surface area (Å²) in [6.45, 7) is 0. The van der Waals surface area contributed by atoms with E-state index < -0.39 is 21.3 Å². The average Bonchev–Trinajstić information content (AvgIpc) is 3.62. The summed E-state index contributed by atoms with van der Waals surface area (Å²) < 4.78 is 4.60. The molecule has 208 valence electrons. The summed E-state index contributed by atoms with van der Waals surface area (Å²) in [5.74, 6) is 1.88. The van der Waals surface area contributed by atoms with E-state index >= 15 is 0 Å². The molecule has 0 N–H and O–H groups in total. The minimum Gasteiger partial charge on any atom is -1.00 e. The third-order valence-corrected chi connectivity index (χ3v) is 18.5. The number of fused-ring (bicyclic) bond motifs is 5. The molecule has 7 rings (SSSR count). The quantitative estimate of drug-likeness (QED) is 0.370. The molecule has 2 saturated carbocycles. The van der Waals surface area contributed by atoms with Crippen molar-refractivity contribution < 1.29 is 46.1 Å². The maximum Gasteiger partial charge on any atom is -1.00 e. The first kappa shape index (κ1) is 30.2. The first-order valence-electron chi connectivity index (χ1n) is 15.6. The van der Waals surface area contributed by atoms with Crippen molar-refractivity contribution in [2.24, 2.45) is 11.8 Å². The van der Waals surface area contributed by atoms with Crippen molar-refractivity contribution in [3.63, 3.8) is 0 Å². The molecular weight excluding hydrogens is 607 g/mol. The SMILES string of the molecule is C1=CC[C]([Zr+2](=[C](CC2CCCCC2)CC2CCCCC2)[CH]2c3ccccc3-c3ccc4ccccc4c32)=C1.[Cl-].[Cl-]. The van der Waals surface area contributed by atoms with E-state index in [1.807, 2.05) is 3.28 Å². The molecule has 4 aliphatic rings. The largest absolute Gasteiger partial charge is 1.00 e. The Kier molecular flexibility index (Phi) is 10.4. The molecule has 0 heterocycles. The second kappa shape index (κ2) is 13.8. The predicted octanol–water partition coefficient (Wildman–Crippen LogP) is 4.49. The summed E-state index contributed by atoms with van der Waals surface area (Å²) in [6, 6.07) is 23.6. The molecule has 0 saturated heterocycles. The van der Waals surface area contributed by atoms with Crippen LogP contribution in [-0.4, -0.2) is 3.21 Å². The van der Waals surface area contributed by atoms with Crippen LogP contribution < -0.4 is 24.8 Å². The maximum atomic E-state index is 2.59. The fourth-order valence-corrected chi connectivity index (χ4v) is 18.2. The molecule has 0 amide bonds. The van der Waals surface area contributed by atoms with Gasteiger partial charge in [-0.15, -0.1) is 0 Å². The molecule has 0 bridgehead atoms. The van der Waals surface area contributed by atoms with Gasteiger partial charge in [0.2, 0.25) is 0 Å². The Bertz CT molecular complexity index is 1400. The maximum absolute atomic E-state index is 2.59. The van der Waals surface area contributed by atoms with Crippen molar-refractivity contribution in [3.05, 3.63) is 93.3 Å². The summed E-state index contributed by atoms with van der Waals surface area (Å²) in [6.07, 6.45) is 26.2. The zero-order valence-corrected chi connectivity index (χ0v) is 27.7. The van der Waals surface area contributed by atoms with Crippen LogP contribution in [0.3, 0.4) is 0 Å². The van der Waals surface area contributed by atoms with Gasteiger partial charge in [-0.25, -0.2) is 0 Å². The molecule has 3 aromatic rings. The standard InChI is InChI=1S/C17H11.C15H26.C5H5.2ClH.Zr/c1-3-7-14-12(5-1)9-10-16-15-8-4-2-6-13(15)11-17(14)16;1-3-8-14(9-4-1)12-7-13-15-10-5-2-6-11-15;1-2-4-5-3-1;;;/h1-11H;14-15H,1-6,8-13H2;1-3H,4H2;2*1H;/q;;;;;+2/p-2. The van der Waals surface area contributed by atoms with Crippen LogP contribution in [0.25, 0.3) is 21.9 Å². The number of allylic oxidation sites excluding steroid dienone is 4. The molecule has 3 aromatic carbocycles. The minimum atomic E-state index is -2.28. The van der Waals surface area contributed by atoms with Gasteiger partial charge in [0.05, 0.1) is 0 Å².